The number of carboxylic acids is 1. The van der Waals surface area contributed by atoms with Crippen molar-refractivity contribution in [1.29, 1.82) is 0 Å². The van der Waals surface area contributed by atoms with Gasteiger partial charge in [-0.15, -0.1) is 0 Å². The number of thiocarbonyl (C=S) groups is 1. The predicted molar refractivity (Wildman–Crippen MR) is 89.7 cm³/mol. The molecular weight excluding hydrogens is 298 g/mol. The summed E-state index contributed by atoms with van der Waals surface area (Å²) in [7, 11) is 0. The maximum absolute atomic E-state index is 10.7. The lowest BCUT2D eigenvalue weighted by Crippen LogP contribution is -2.33. The van der Waals surface area contributed by atoms with Crippen molar-refractivity contribution >= 4 is 34.7 Å². The normalized spacial score (nSPS) is 9.91. The van der Waals surface area contributed by atoms with E-state index in [1.165, 1.54) is 23.3 Å². The van der Waals surface area contributed by atoms with Crippen LogP contribution >= 0.6 is 12.2 Å². The lowest BCUT2D eigenvalue weighted by Gasteiger charge is -2.14. The van der Waals surface area contributed by atoms with Gasteiger partial charge < -0.3 is 15.2 Å². The Bertz CT molecular complexity index is 699. The fourth-order valence-electron chi connectivity index (χ4n) is 1.80. The van der Waals surface area contributed by atoms with Crippen LogP contribution in [0.4, 0.5) is 11.4 Å². The van der Waals surface area contributed by atoms with Crippen molar-refractivity contribution in [3.8, 4) is 0 Å². The van der Waals surface area contributed by atoms with Crippen LogP contribution in [0.15, 0.2) is 42.5 Å². The van der Waals surface area contributed by atoms with Crippen LogP contribution in [-0.2, 0) is 0 Å². The van der Waals surface area contributed by atoms with Gasteiger partial charge >= 0.3 is 0 Å². The van der Waals surface area contributed by atoms with E-state index in [2.05, 4.69) is 16.2 Å². The minimum Gasteiger partial charge on any atom is -0.545 e. The molecule has 0 unspecified atom stereocenters. The molecule has 3 N–H and O–H groups in total. The Hall–Kier alpha value is -2.60. The summed E-state index contributed by atoms with van der Waals surface area (Å²) in [5, 5.41) is 14.1. The van der Waals surface area contributed by atoms with Crippen LogP contribution < -0.4 is 21.3 Å². The van der Waals surface area contributed by atoms with Gasteiger partial charge in [0.1, 0.15) is 0 Å². The van der Waals surface area contributed by atoms with Gasteiger partial charge in [-0.2, -0.15) is 0 Å². The largest absolute Gasteiger partial charge is 0.545 e. The third-order valence-electron chi connectivity index (χ3n) is 3.21. The predicted octanol–water partition coefficient (Wildman–Crippen LogP) is 1.98. The Morgan fingerprint density at radius 3 is 2.23 bits per heavy atom. The molecule has 0 spiro atoms. The zero-order valence-electron chi connectivity index (χ0n) is 12.3. The van der Waals surface area contributed by atoms with Gasteiger partial charge in [0.15, 0.2) is 5.11 Å². The first-order chi connectivity index (χ1) is 10.5. The summed E-state index contributed by atoms with van der Waals surface area (Å²) in [6.45, 7) is 4.08. The summed E-state index contributed by atoms with van der Waals surface area (Å²) in [6.07, 6.45) is 0. The summed E-state index contributed by atoms with van der Waals surface area (Å²) >= 11 is 5.19. The van der Waals surface area contributed by atoms with Crippen molar-refractivity contribution < 1.29 is 9.90 Å². The van der Waals surface area contributed by atoms with E-state index in [9.17, 15) is 9.90 Å². The molecular formula is C16H16N3O2S-. The zero-order valence-corrected chi connectivity index (χ0v) is 13.1. The quantitative estimate of drug-likeness (QED) is 0.592. The number of benzene rings is 2. The first-order valence-electron chi connectivity index (χ1n) is 6.67. The number of carbonyl (C=O) groups is 1. The van der Waals surface area contributed by atoms with Gasteiger partial charge in [-0.1, -0.05) is 18.2 Å². The molecule has 2 rings (SSSR count). The van der Waals surface area contributed by atoms with Gasteiger partial charge in [0, 0.05) is 5.69 Å². The number of hydrazine groups is 1. The number of nitrogens with one attached hydrogen (secondary N) is 3. The van der Waals surface area contributed by atoms with E-state index in [0.717, 1.165) is 5.69 Å². The fraction of sp³-hybridized carbons (Fsp3) is 0.125. The van der Waals surface area contributed by atoms with Gasteiger partial charge in [0.25, 0.3) is 0 Å². The van der Waals surface area contributed by atoms with Gasteiger partial charge in [0.05, 0.1) is 11.7 Å². The maximum atomic E-state index is 10.7. The van der Waals surface area contributed by atoms with Crippen LogP contribution in [-0.4, -0.2) is 11.1 Å². The molecule has 0 aliphatic carbocycles. The van der Waals surface area contributed by atoms with Gasteiger partial charge in [-0.3, -0.25) is 10.9 Å². The van der Waals surface area contributed by atoms with Crippen LogP contribution in [0.3, 0.4) is 0 Å². The Balaban J connectivity index is 1.89. The molecule has 0 saturated heterocycles. The molecule has 0 aliphatic heterocycles. The molecule has 0 amide bonds. The number of carbonyl (C=O) groups excluding carboxylic acids is 1. The van der Waals surface area contributed by atoms with E-state index >= 15 is 0 Å². The number of rotatable bonds is 4. The molecule has 0 saturated carbocycles. The van der Waals surface area contributed by atoms with Gasteiger partial charge in [0.2, 0.25) is 0 Å². The average Bonchev–Trinajstić information content (AvgIpc) is 2.49. The van der Waals surface area contributed by atoms with Gasteiger partial charge in [-0.05, 0) is 67.0 Å². The SMILES string of the molecule is Cc1ccc(NC(=S)NNc2ccc(C(=O)[O-])cc2)cc1C. The van der Waals surface area contributed by atoms with E-state index in [0.29, 0.717) is 10.8 Å². The molecule has 6 heteroatoms. The summed E-state index contributed by atoms with van der Waals surface area (Å²) in [5.74, 6) is -1.20. The van der Waals surface area contributed by atoms with Crippen LogP contribution in [0.5, 0.6) is 0 Å². The van der Waals surface area contributed by atoms with E-state index in [1.54, 1.807) is 12.1 Å². The summed E-state index contributed by atoms with van der Waals surface area (Å²) in [4.78, 5) is 10.7. The van der Waals surface area contributed by atoms with E-state index < -0.39 is 5.97 Å². The monoisotopic (exact) mass is 314 g/mol. The number of hydrogen-bond acceptors (Lipinski definition) is 4. The molecule has 0 aliphatic rings. The Morgan fingerprint density at radius 1 is 1.00 bits per heavy atom. The van der Waals surface area contributed by atoms with E-state index in [-0.39, 0.29) is 5.56 Å². The number of anilines is 2. The fourth-order valence-corrected chi connectivity index (χ4v) is 1.97. The second-order valence-electron chi connectivity index (χ2n) is 4.87. The number of aromatic carboxylic acids is 1. The molecule has 2 aromatic rings. The van der Waals surface area contributed by atoms with E-state index in [4.69, 9.17) is 12.2 Å². The van der Waals surface area contributed by atoms with Crippen molar-refractivity contribution in [1.82, 2.24) is 5.43 Å². The van der Waals surface area contributed by atoms with Crippen molar-refractivity contribution in [2.45, 2.75) is 13.8 Å². The summed E-state index contributed by atoms with van der Waals surface area (Å²) < 4.78 is 0. The van der Waals surface area contributed by atoms with Gasteiger partial charge in [-0.25, -0.2) is 0 Å². The van der Waals surface area contributed by atoms with Crippen LogP contribution in [0.25, 0.3) is 0 Å². The van der Waals surface area contributed by atoms with Crippen molar-refractivity contribution in [2.75, 3.05) is 10.7 Å². The highest BCUT2D eigenvalue weighted by Crippen LogP contribution is 2.14. The second-order valence-corrected chi connectivity index (χ2v) is 5.28. The molecule has 0 radical (unpaired) electrons. The zero-order chi connectivity index (χ0) is 16.1. The summed E-state index contributed by atoms with van der Waals surface area (Å²) in [6, 6.07) is 12.1. The molecule has 0 aromatic heterocycles. The minimum atomic E-state index is -1.20. The number of hydrogen-bond donors (Lipinski definition) is 3. The highest BCUT2D eigenvalue weighted by Gasteiger charge is 2.00. The Labute approximate surface area is 134 Å². The molecule has 0 atom stereocenters. The minimum absolute atomic E-state index is 0.126. The van der Waals surface area contributed by atoms with Crippen molar-refractivity contribution in [3.05, 3.63) is 59.2 Å². The molecule has 0 bridgehead atoms. The topological polar surface area (TPSA) is 76.2 Å². The first kappa shape index (κ1) is 15.8. The molecule has 114 valence electrons. The van der Waals surface area contributed by atoms with Crippen molar-refractivity contribution in [2.24, 2.45) is 0 Å². The lowest BCUT2D eigenvalue weighted by molar-refractivity contribution is -0.255. The highest BCUT2D eigenvalue weighted by atomic mass is 32.1. The smallest absolute Gasteiger partial charge is 0.189 e. The second kappa shape index (κ2) is 6.91. The third kappa shape index (κ3) is 4.20. The first-order valence-corrected chi connectivity index (χ1v) is 7.08. The molecule has 22 heavy (non-hydrogen) atoms. The maximum Gasteiger partial charge on any atom is 0.189 e. The van der Waals surface area contributed by atoms with Crippen LogP contribution in [0.1, 0.15) is 21.5 Å². The van der Waals surface area contributed by atoms with Crippen LogP contribution in [0.2, 0.25) is 0 Å². The highest BCUT2D eigenvalue weighted by molar-refractivity contribution is 7.80. The number of aryl methyl sites for hydroxylation is 2. The lowest BCUT2D eigenvalue weighted by atomic mass is 10.1. The Morgan fingerprint density at radius 2 is 1.64 bits per heavy atom. The molecule has 2 aromatic carbocycles. The summed E-state index contributed by atoms with van der Waals surface area (Å²) in [5.41, 5.74) is 9.84. The standard InChI is InChI=1S/C16H17N3O2S/c1-10-3-6-14(9-11(10)2)17-16(22)19-18-13-7-4-12(5-8-13)15(20)21/h3-9,18H,1-2H3,(H,20,21)(H2,17,19,22)/p-1. The molecule has 5 nitrogen and oxygen atoms in total. The average molecular weight is 314 g/mol. The number of carboxylic acid groups (broad SMARTS) is 1. The van der Waals surface area contributed by atoms with Crippen LogP contribution in [0, 0.1) is 13.8 Å². The molecule has 0 fully saturated rings. The van der Waals surface area contributed by atoms with Crippen molar-refractivity contribution in [3.63, 3.8) is 0 Å². The Kier molecular flexibility index (Phi) is 4.95. The van der Waals surface area contributed by atoms with E-state index in [1.807, 2.05) is 32.0 Å². The third-order valence-corrected chi connectivity index (χ3v) is 3.41. The molecule has 0 heterocycles.